The molecule has 0 aliphatic carbocycles. The van der Waals surface area contributed by atoms with Gasteiger partial charge in [-0.1, -0.05) is 30.3 Å². The Kier molecular flexibility index (Phi) is 7.03. The summed E-state index contributed by atoms with van der Waals surface area (Å²) >= 11 is 5.90. The van der Waals surface area contributed by atoms with Crippen LogP contribution in [0.2, 0.25) is 5.28 Å². The molecule has 36 heavy (non-hydrogen) atoms. The number of H-pyrrole nitrogens is 1. The smallest absolute Gasteiger partial charge is 0.323 e. The van der Waals surface area contributed by atoms with Crippen molar-refractivity contribution >= 4 is 29.1 Å². The SMILES string of the molecule is CCOc1cc(N2CCCN(C(=O)Nc3[nH]ncc3-c3ccccc3)CC2)ccc1-n1cnc(Cl)n1. The molecule has 10 nitrogen and oxygen atoms in total. The number of aromatic nitrogens is 5. The van der Waals surface area contributed by atoms with Gasteiger partial charge >= 0.3 is 6.03 Å². The van der Waals surface area contributed by atoms with Crippen molar-refractivity contribution in [3.05, 3.63) is 66.3 Å². The number of nitrogens with zero attached hydrogens (tertiary/aromatic N) is 6. The molecule has 1 fully saturated rings. The van der Waals surface area contributed by atoms with Crippen LogP contribution in [0.25, 0.3) is 16.8 Å². The molecule has 1 saturated heterocycles. The number of halogens is 1. The van der Waals surface area contributed by atoms with Crippen molar-refractivity contribution in [2.45, 2.75) is 13.3 Å². The fourth-order valence-electron chi connectivity index (χ4n) is 4.30. The quantitative estimate of drug-likeness (QED) is 0.400. The van der Waals surface area contributed by atoms with Gasteiger partial charge in [-0.15, -0.1) is 5.10 Å². The Morgan fingerprint density at radius 1 is 1.14 bits per heavy atom. The van der Waals surface area contributed by atoms with Gasteiger partial charge in [0.15, 0.2) is 0 Å². The summed E-state index contributed by atoms with van der Waals surface area (Å²) in [6.07, 6.45) is 4.12. The molecule has 0 bridgehead atoms. The Hall–Kier alpha value is -4.05. The van der Waals surface area contributed by atoms with Crippen molar-refractivity contribution in [2.24, 2.45) is 0 Å². The van der Waals surface area contributed by atoms with Gasteiger partial charge in [-0.2, -0.15) is 5.10 Å². The maximum atomic E-state index is 13.1. The van der Waals surface area contributed by atoms with Crippen molar-refractivity contribution in [1.29, 1.82) is 0 Å². The molecule has 4 aromatic rings. The van der Waals surface area contributed by atoms with Crippen LogP contribution in [0, 0.1) is 0 Å². The van der Waals surface area contributed by atoms with Gasteiger partial charge in [0.25, 0.3) is 0 Å². The molecule has 0 unspecified atom stereocenters. The average Bonchev–Trinajstić information content (AvgIpc) is 3.46. The first-order chi connectivity index (χ1) is 17.6. The Bertz CT molecular complexity index is 1320. The number of carbonyl (C=O) groups is 1. The molecule has 1 aliphatic heterocycles. The standard InChI is InChI=1S/C25H27ClN8O2/c1-2-36-22-15-19(9-10-21(22)34-17-27-24(26)31-34)32-11-6-12-33(14-13-32)25(35)29-23-20(16-28-30-23)18-7-4-3-5-8-18/h3-5,7-10,15-17H,2,6,11-14H2,1H3,(H2,28,29,30,35). The minimum absolute atomic E-state index is 0.147. The van der Waals surface area contributed by atoms with Gasteiger partial charge in [-0.3, -0.25) is 10.4 Å². The molecule has 0 radical (unpaired) electrons. The lowest BCUT2D eigenvalue weighted by Gasteiger charge is -2.25. The van der Waals surface area contributed by atoms with Crippen molar-refractivity contribution in [1.82, 2.24) is 29.9 Å². The molecular formula is C25H27ClN8O2. The van der Waals surface area contributed by atoms with Crippen molar-refractivity contribution in [3.8, 4) is 22.6 Å². The largest absolute Gasteiger partial charge is 0.492 e. The first kappa shape index (κ1) is 23.7. The van der Waals surface area contributed by atoms with E-state index in [2.05, 4.69) is 30.5 Å². The summed E-state index contributed by atoms with van der Waals surface area (Å²) in [5.41, 5.74) is 3.64. The molecular weight excluding hydrogens is 480 g/mol. The van der Waals surface area contributed by atoms with E-state index in [0.717, 1.165) is 35.5 Å². The van der Waals surface area contributed by atoms with E-state index in [0.29, 0.717) is 37.8 Å². The molecule has 5 rings (SSSR count). The van der Waals surface area contributed by atoms with Crippen molar-refractivity contribution < 1.29 is 9.53 Å². The minimum atomic E-state index is -0.147. The number of aromatic amines is 1. The number of rotatable bonds is 6. The summed E-state index contributed by atoms with van der Waals surface area (Å²) in [4.78, 5) is 21.2. The van der Waals surface area contributed by atoms with Crippen molar-refractivity contribution in [3.63, 3.8) is 0 Å². The van der Waals surface area contributed by atoms with Crippen LogP contribution in [0.1, 0.15) is 13.3 Å². The molecule has 2 N–H and O–H groups in total. The number of carbonyl (C=O) groups excluding carboxylic acids is 1. The highest BCUT2D eigenvalue weighted by atomic mass is 35.5. The highest BCUT2D eigenvalue weighted by molar-refractivity contribution is 6.28. The number of urea groups is 1. The second-order valence-electron chi connectivity index (χ2n) is 8.33. The maximum absolute atomic E-state index is 13.1. The van der Waals surface area contributed by atoms with Gasteiger partial charge in [-0.25, -0.2) is 14.5 Å². The van der Waals surface area contributed by atoms with Crippen LogP contribution in [0.4, 0.5) is 16.3 Å². The molecule has 0 spiro atoms. The third kappa shape index (κ3) is 5.13. The van der Waals surface area contributed by atoms with Crippen LogP contribution < -0.4 is 15.0 Å². The number of hydrogen-bond donors (Lipinski definition) is 2. The van der Waals surface area contributed by atoms with Gasteiger partial charge in [0.1, 0.15) is 23.6 Å². The normalized spacial score (nSPS) is 13.9. The number of benzene rings is 2. The van der Waals surface area contributed by atoms with E-state index in [1.807, 2.05) is 60.4 Å². The summed E-state index contributed by atoms with van der Waals surface area (Å²) in [7, 11) is 0. The van der Waals surface area contributed by atoms with Crippen LogP contribution in [0.15, 0.2) is 61.1 Å². The highest BCUT2D eigenvalue weighted by Gasteiger charge is 2.22. The van der Waals surface area contributed by atoms with Crippen LogP contribution in [0.3, 0.4) is 0 Å². The summed E-state index contributed by atoms with van der Waals surface area (Å²) < 4.78 is 7.49. The number of amides is 2. The molecule has 2 aromatic carbocycles. The van der Waals surface area contributed by atoms with Crippen LogP contribution in [-0.2, 0) is 0 Å². The first-order valence-electron chi connectivity index (χ1n) is 11.9. The van der Waals surface area contributed by atoms with E-state index in [9.17, 15) is 4.79 Å². The Morgan fingerprint density at radius 2 is 2.00 bits per heavy atom. The summed E-state index contributed by atoms with van der Waals surface area (Å²) in [5.74, 6) is 1.29. The number of anilines is 2. The zero-order valence-corrected chi connectivity index (χ0v) is 20.6. The van der Waals surface area contributed by atoms with Gasteiger partial charge < -0.3 is 14.5 Å². The van der Waals surface area contributed by atoms with Crippen LogP contribution in [0.5, 0.6) is 5.75 Å². The molecule has 2 amide bonds. The zero-order valence-electron chi connectivity index (χ0n) is 19.9. The lowest BCUT2D eigenvalue weighted by Crippen LogP contribution is -2.38. The maximum Gasteiger partial charge on any atom is 0.323 e. The monoisotopic (exact) mass is 506 g/mol. The van der Waals surface area contributed by atoms with Gasteiger partial charge in [-0.05, 0) is 42.6 Å². The molecule has 2 aromatic heterocycles. The predicted molar refractivity (Wildman–Crippen MR) is 139 cm³/mol. The molecule has 1 aliphatic rings. The van der Waals surface area contributed by atoms with Crippen LogP contribution in [-0.4, -0.2) is 68.7 Å². The third-order valence-corrected chi connectivity index (χ3v) is 6.23. The second kappa shape index (κ2) is 10.7. The van der Waals surface area contributed by atoms with Crippen LogP contribution >= 0.6 is 11.6 Å². The Morgan fingerprint density at radius 3 is 2.78 bits per heavy atom. The van der Waals surface area contributed by atoms with Crippen molar-refractivity contribution in [2.75, 3.05) is 43.0 Å². The van der Waals surface area contributed by atoms with E-state index < -0.39 is 0 Å². The number of nitrogens with one attached hydrogen (secondary N) is 2. The first-order valence-corrected chi connectivity index (χ1v) is 12.2. The van der Waals surface area contributed by atoms with E-state index >= 15 is 0 Å². The summed E-state index contributed by atoms with van der Waals surface area (Å²) in [6, 6.07) is 15.7. The topological polar surface area (TPSA) is 104 Å². The lowest BCUT2D eigenvalue weighted by atomic mass is 10.1. The fourth-order valence-corrected chi connectivity index (χ4v) is 4.43. The number of ether oxygens (including phenoxy) is 1. The van der Waals surface area contributed by atoms with Gasteiger partial charge in [0, 0.05) is 43.5 Å². The lowest BCUT2D eigenvalue weighted by molar-refractivity contribution is 0.215. The van der Waals surface area contributed by atoms with E-state index in [-0.39, 0.29) is 11.3 Å². The second-order valence-corrected chi connectivity index (χ2v) is 8.66. The Labute approximate surface area is 213 Å². The molecule has 11 heteroatoms. The minimum Gasteiger partial charge on any atom is -0.492 e. The van der Waals surface area contributed by atoms with Gasteiger partial charge in [0.2, 0.25) is 5.28 Å². The van der Waals surface area contributed by atoms with E-state index in [1.165, 1.54) is 0 Å². The summed E-state index contributed by atoms with van der Waals surface area (Å²) in [5, 5.41) is 14.4. The predicted octanol–water partition coefficient (Wildman–Crippen LogP) is 4.45. The molecule has 186 valence electrons. The highest BCUT2D eigenvalue weighted by Crippen LogP contribution is 2.30. The van der Waals surface area contributed by atoms with Gasteiger partial charge in [0.05, 0.1) is 12.8 Å². The molecule has 0 atom stereocenters. The zero-order chi connectivity index (χ0) is 24.9. The summed E-state index contributed by atoms with van der Waals surface area (Å²) in [6.45, 7) is 5.22. The molecule has 3 heterocycles. The van der Waals surface area contributed by atoms with E-state index in [4.69, 9.17) is 16.3 Å². The Balaban J connectivity index is 1.27. The molecule has 0 saturated carbocycles. The third-order valence-electron chi connectivity index (χ3n) is 6.06. The van der Waals surface area contributed by atoms with E-state index in [1.54, 1.807) is 17.2 Å². The average molecular weight is 507 g/mol. The fraction of sp³-hybridized carbons (Fsp3) is 0.280. The number of hydrogen-bond acceptors (Lipinski definition) is 6.